The van der Waals surface area contributed by atoms with Crippen LogP contribution in [0.3, 0.4) is 0 Å². The van der Waals surface area contributed by atoms with Crippen LogP contribution in [-0.2, 0) is 0 Å². The summed E-state index contributed by atoms with van der Waals surface area (Å²) >= 11 is 0. The van der Waals surface area contributed by atoms with Crippen LogP contribution in [-0.4, -0.2) is 18.2 Å². The fraction of sp³-hybridized carbons (Fsp3) is 0.188. The molecule has 0 aromatic heterocycles. The van der Waals surface area contributed by atoms with Gasteiger partial charge < -0.3 is 15.2 Å². The lowest BCUT2D eigenvalue weighted by Gasteiger charge is -2.18. The van der Waals surface area contributed by atoms with Crippen LogP contribution in [0, 0.1) is 5.82 Å². The summed E-state index contributed by atoms with van der Waals surface area (Å²) in [6, 6.07) is 10.6. The molecule has 1 atom stereocenters. The largest absolute Gasteiger partial charge is 0.495 e. The Labute approximate surface area is 122 Å². The van der Waals surface area contributed by atoms with Crippen LogP contribution < -0.4 is 10.1 Å². The molecule has 5 heteroatoms. The first-order valence-corrected chi connectivity index (χ1v) is 6.44. The molecule has 2 aromatic rings. The Bertz CT molecular complexity index is 658. The third kappa shape index (κ3) is 3.51. The van der Waals surface area contributed by atoms with Gasteiger partial charge in [-0.15, -0.1) is 0 Å². The second-order valence-corrected chi connectivity index (χ2v) is 4.64. The first kappa shape index (κ1) is 14.8. The smallest absolute Gasteiger partial charge is 0.335 e. The van der Waals surface area contributed by atoms with Gasteiger partial charge in [0.2, 0.25) is 0 Å². The highest BCUT2D eigenvalue weighted by atomic mass is 19.1. The third-order valence-electron chi connectivity index (χ3n) is 3.17. The average molecular weight is 289 g/mol. The van der Waals surface area contributed by atoms with Gasteiger partial charge in [-0.25, -0.2) is 9.18 Å². The summed E-state index contributed by atoms with van der Waals surface area (Å²) in [6.45, 7) is 1.86. The number of rotatable bonds is 5. The van der Waals surface area contributed by atoms with Crippen molar-refractivity contribution in [3.05, 3.63) is 59.4 Å². The zero-order valence-corrected chi connectivity index (χ0v) is 11.8. The number of hydrogen-bond donors (Lipinski definition) is 2. The van der Waals surface area contributed by atoms with E-state index in [-0.39, 0.29) is 17.4 Å². The zero-order valence-electron chi connectivity index (χ0n) is 11.8. The molecule has 0 spiro atoms. The maximum Gasteiger partial charge on any atom is 0.335 e. The van der Waals surface area contributed by atoms with Gasteiger partial charge in [0.1, 0.15) is 11.6 Å². The Hall–Kier alpha value is -2.56. The molecule has 110 valence electrons. The van der Waals surface area contributed by atoms with E-state index in [0.29, 0.717) is 11.4 Å². The Morgan fingerprint density at radius 3 is 2.67 bits per heavy atom. The fourth-order valence-electron chi connectivity index (χ4n) is 2.05. The molecule has 0 aliphatic rings. The highest BCUT2D eigenvalue weighted by Crippen LogP contribution is 2.29. The molecule has 1 unspecified atom stereocenters. The first-order chi connectivity index (χ1) is 10.0. The average Bonchev–Trinajstić information content (AvgIpc) is 2.47. The molecule has 2 aromatic carbocycles. The molecular formula is C16H16FNO3. The summed E-state index contributed by atoms with van der Waals surface area (Å²) in [5, 5.41) is 12.2. The molecule has 2 rings (SSSR count). The Balaban J connectivity index is 2.29. The zero-order chi connectivity index (χ0) is 15.4. The fourth-order valence-corrected chi connectivity index (χ4v) is 2.05. The lowest BCUT2D eigenvalue weighted by molar-refractivity contribution is 0.0697. The first-order valence-electron chi connectivity index (χ1n) is 6.44. The molecule has 0 saturated heterocycles. The van der Waals surface area contributed by atoms with Crippen molar-refractivity contribution >= 4 is 11.7 Å². The number of methoxy groups -OCH3 is 1. The van der Waals surface area contributed by atoms with Gasteiger partial charge in [-0.1, -0.05) is 12.1 Å². The standard InChI is InChI=1S/C16H16FNO3/c1-10(11-4-3-5-13(17)8-11)18-14-9-12(16(19)20)6-7-15(14)21-2/h3-10,18H,1-2H3,(H,19,20). The number of carboxylic acids is 1. The second-order valence-electron chi connectivity index (χ2n) is 4.64. The maximum absolute atomic E-state index is 13.3. The van der Waals surface area contributed by atoms with Crippen LogP contribution in [0.1, 0.15) is 28.9 Å². The number of anilines is 1. The van der Waals surface area contributed by atoms with Gasteiger partial charge in [0.15, 0.2) is 0 Å². The molecule has 0 saturated carbocycles. The maximum atomic E-state index is 13.3. The molecule has 0 fully saturated rings. The van der Waals surface area contributed by atoms with Crippen molar-refractivity contribution in [2.75, 3.05) is 12.4 Å². The van der Waals surface area contributed by atoms with Gasteiger partial charge in [-0.3, -0.25) is 0 Å². The summed E-state index contributed by atoms with van der Waals surface area (Å²) in [6.07, 6.45) is 0. The minimum absolute atomic E-state index is 0.157. The van der Waals surface area contributed by atoms with E-state index < -0.39 is 5.97 Å². The highest BCUT2D eigenvalue weighted by Gasteiger charge is 2.12. The van der Waals surface area contributed by atoms with E-state index in [4.69, 9.17) is 9.84 Å². The molecular weight excluding hydrogens is 273 g/mol. The summed E-state index contributed by atoms with van der Waals surface area (Å²) in [5.41, 5.74) is 1.47. The van der Waals surface area contributed by atoms with Gasteiger partial charge >= 0.3 is 5.97 Å². The number of carboxylic acid groups (broad SMARTS) is 1. The van der Waals surface area contributed by atoms with E-state index in [1.165, 1.54) is 31.4 Å². The number of halogens is 1. The number of nitrogens with one attached hydrogen (secondary N) is 1. The molecule has 0 radical (unpaired) electrons. The molecule has 0 heterocycles. The minimum atomic E-state index is -1.01. The number of ether oxygens (including phenoxy) is 1. The lowest BCUT2D eigenvalue weighted by atomic mass is 10.1. The predicted octanol–water partition coefficient (Wildman–Crippen LogP) is 3.71. The summed E-state index contributed by atoms with van der Waals surface area (Å²) in [5.74, 6) is -0.797. The van der Waals surface area contributed by atoms with Gasteiger partial charge in [0, 0.05) is 6.04 Å². The lowest BCUT2D eigenvalue weighted by Crippen LogP contribution is -2.09. The van der Waals surface area contributed by atoms with Gasteiger partial charge in [0.25, 0.3) is 0 Å². The summed E-state index contributed by atoms with van der Waals surface area (Å²) in [7, 11) is 1.51. The van der Waals surface area contributed by atoms with E-state index in [0.717, 1.165) is 5.56 Å². The molecule has 4 nitrogen and oxygen atoms in total. The van der Waals surface area contributed by atoms with Crippen LogP contribution in [0.2, 0.25) is 0 Å². The third-order valence-corrected chi connectivity index (χ3v) is 3.17. The van der Waals surface area contributed by atoms with Gasteiger partial charge in [-0.2, -0.15) is 0 Å². The predicted molar refractivity (Wildman–Crippen MR) is 78.4 cm³/mol. The number of aromatic carboxylic acids is 1. The second kappa shape index (κ2) is 6.26. The quantitative estimate of drug-likeness (QED) is 0.881. The molecule has 0 aliphatic heterocycles. The highest BCUT2D eigenvalue weighted by molar-refractivity contribution is 5.89. The Morgan fingerprint density at radius 1 is 1.29 bits per heavy atom. The molecule has 0 aliphatic carbocycles. The topological polar surface area (TPSA) is 58.6 Å². The van der Waals surface area contributed by atoms with E-state index >= 15 is 0 Å². The van der Waals surface area contributed by atoms with Crippen molar-refractivity contribution in [2.45, 2.75) is 13.0 Å². The van der Waals surface area contributed by atoms with Gasteiger partial charge in [0.05, 0.1) is 18.4 Å². The van der Waals surface area contributed by atoms with E-state index in [1.807, 2.05) is 6.92 Å². The summed E-state index contributed by atoms with van der Waals surface area (Å²) < 4.78 is 18.5. The van der Waals surface area contributed by atoms with Crippen LogP contribution in [0.4, 0.5) is 10.1 Å². The molecule has 2 N–H and O–H groups in total. The van der Waals surface area contributed by atoms with Crippen molar-refractivity contribution in [3.8, 4) is 5.75 Å². The van der Waals surface area contributed by atoms with Crippen LogP contribution in [0.5, 0.6) is 5.75 Å². The number of carbonyl (C=O) groups is 1. The van der Waals surface area contributed by atoms with E-state index in [2.05, 4.69) is 5.32 Å². The summed E-state index contributed by atoms with van der Waals surface area (Å²) in [4.78, 5) is 11.0. The molecule has 0 amide bonds. The number of hydrogen-bond acceptors (Lipinski definition) is 3. The van der Waals surface area contributed by atoms with Crippen LogP contribution in [0.25, 0.3) is 0 Å². The van der Waals surface area contributed by atoms with Crippen molar-refractivity contribution < 1.29 is 19.0 Å². The van der Waals surface area contributed by atoms with Crippen molar-refractivity contribution in [3.63, 3.8) is 0 Å². The number of benzene rings is 2. The van der Waals surface area contributed by atoms with Crippen LogP contribution in [0.15, 0.2) is 42.5 Å². The Morgan fingerprint density at radius 2 is 2.05 bits per heavy atom. The monoisotopic (exact) mass is 289 g/mol. The van der Waals surface area contributed by atoms with Crippen LogP contribution >= 0.6 is 0 Å². The minimum Gasteiger partial charge on any atom is -0.495 e. The van der Waals surface area contributed by atoms with Gasteiger partial charge in [-0.05, 0) is 42.8 Å². The van der Waals surface area contributed by atoms with Crippen molar-refractivity contribution in [1.82, 2.24) is 0 Å². The van der Waals surface area contributed by atoms with E-state index in [1.54, 1.807) is 18.2 Å². The SMILES string of the molecule is COc1ccc(C(=O)O)cc1NC(C)c1cccc(F)c1. The normalized spacial score (nSPS) is 11.8. The molecule has 21 heavy (non-hydrogen) atoms. The Kier molecular flexibility index (Phi) is 4.42. The van der Waals surface area contributed by atoms with E-state index in [9.17, 15) is 9.18 Å². The van der Waals surface area contributed by atoms with Crippen molar-refractivity contribution in [2.24, 2.45) is 0 Å². The molecule has 0 bridgehead atoms. The van der Waals surface area contributed by atoms with Crippen molar-refractivity contribution in [1.29, 1.82) is 0 Å².